The van der Waals surface area contributed by atoms with E-state index < -0.39 is 0 Å². The Morgan fingerprint density at radius 3 is 2.70 bits per heavy atom. The number of benzene rings is 1. The molecule has 1 aromatic heterocycles. The number of nitrogens with one attached hydrogen (secondary N) is 1. The smallest absolute Gasteiger partial charge is 0.124 e. The largest absolute Gasteiger partial charge is 0.496 e. The highest BCUT2D eigenvalue weighted by Gasteiger charge is 2.20. The van der Waals surface area contributed by atoms with Gasteiger partial charge >= 0.3 is 0 Å². The summed E-state index contributed by atoms with van der Waals surface area (Å²) in [5, 5.41) is 7.93. The summed E-state index contributed by atoms with van der Waals surface area (Å²) in [6.45, 7) is 5.24. The number of hydrogen-bond acceptors (Lipinski definition) is 3. The highest BCUT2D eigenvalue weighted by molar-refractivity contribution is 9.10. The van der Waals surface area contributed by atoms with E-state index in [2.05, 4.69) is 64.1 Å². The predicted octanol–water partition coefficient (Wildman–Crippen LogP) is 4.92. The molecule has 1 heterocycles. The average Bonchev–Trinajstić information content (AvgIpc) is 2.86. The molecule has 0 saturated heterocycles. The summed E-state index contributed by atoms with van der Waals surface area (Å²) in [7, 11) is 1.73. The van der Waals surface area contributed by atoms with Crippen LogP contribution in [-0.2, 0) is 0 Å². The minimum absolute atomic E-state index is 0.158. The molecule has 108 valence electrons. The number of ether oxygens (including phenoxy) is 1. The summed E-state index contributed by atoms with van der Waals surface area (Å²) in [4.78, 5) is 0. The minimum atomic E-state index is 0.158. The number of methoxy groups -OCH3 is 1. The molecule has 1 aromatic carbocycles. The van der Waals surface area contributed by atoms with Gasteiger partial charge in [0.05, 0.1) is 13.2 Å². The van der Waals surface area contributed by atoms with Gasteiger partial charge in [-0.2, -0.15) is 11.3 Å². The first kappa shape index (κ1) is 15.5. The molecule has 20 heavy (non-hydrogen) atoms. The van der Waals surface area contributed by atoms with Gasteiger partial charge in [0.2, 0.25) is 0 Å². The SMILES string of the molecule is CCCNC(c1cscc1Br)c1ccc(C)cc1OC. The molecule has 1 unspecified atom stereocenters. The monoisotopic (exact) mass is 353 g/mol. The van der Waals surface area contributed by atoms with Crippen molar-refractivity contribution >= 4 is 27.3 Å². The predicted molar refractivity (Wildman–Crippen MR) is 89.9 cm³/mol. The topological polar surface area (TPSA) is 21.3 Å². The van der Waals surface area contributed by atoms with Crippen molar-refractivity contribution in [3.8, 4) is 5.75 Å². The van der Waals surface area contributed by atoms with Crippen molar-refractivity contribution in [1.82, 2.24) is 5.32 Å². The van der Waals surface area contributed by atoms with E-state index in [9.17, 15) is 0 Å². The van der Waals surface area contributed by atoms with Crippen molar-refractivity contribution in [1.29, 1.82) is 0 Å². The highest BCUT2D eigenvalue weighted by atomic mass is 79.9. The van der Waals surface area contributed by atoms with Gasteiger partial charge in [-0.25, -0.2) is 0 Å². The van der Waals surface area contributed by atoms with E-state index in [1.165, 1.54) is 16.7 Å². The summed E-state index contributed by atoms with van der Waals surface area (Å²) in [5.41, 5.74) is 3.67. The lowest BCUT2D eigenvalue weighted by Crippen LogP contribution is -2.23. The van der Waals surface area contributed by atoms with Gasteiger partial charge in [-0.15, -0.1) is 0 Å². The Morgan fingerprint density at radius 1 is 1.30 bits per heavy atom. The van der Waals surface area contributed by atoms with Crippen LogP contribution in [0.25, 0.3) is 0 Å². The molecule has 0 fully saturated rings. The zero-order valence-electron chi connectivity index (χ0n) is 12.1. The molecule has 0 aliphatic carbocycles. The van der Waals surface area contributed by atoms with Gasteiger partial charge in [-0.05, 0) is 58.4 Å². The minimum Gasteiger partial charge on any atom is -0.496 e. The van der Waals surface area contributed by atoms with E-state index in [0.717, 1.165) is 23.2 Å². The number of hydrogen-bond donors (Lipinski definition) is 1. The molecule has 0 radical (unpaired) electrons. The molecule has 0 saturated carbocycles. The normalized spacial score (nSPS) is 12.4. The molecule has 0 aliphatic rings. The van der Waals surface area contributed by atoms with E-state index in [4.69, 9.17) is 4.74 Å². The van der Waals surface area contributed by atoms with Crippen LogP contribution >= 0.6 is 27.3 Å². The summed E-state index contributed by atoms with van der Waals surface area (Å²) < 4.78 is 6.72. The number of rotatable bonds is 6. The fraction of sp³-hybridized carbons (Fsp3) is 0.375. The Labute approximate surface area is 133 Å². The Bertz CT molecular complexity index is 567. The Kier molecular flexibility index (Phi) is 5.64. The molecule has 0 bridgehead atoms. The Hall–Kier alpha value is -0.840. The second kappa shape index (κ2) is 7.25. The van der Waals surface area contributed by atoms with E-state index in [1.54, 1.807) is 18.4 Å². The van der Waals surface area contributed by atoms with Crippen LogP contribution in [0.3, 0.4) is 0 Å². The van der Waals surface area contributed by atoms with Crippen molar-refractivity contribution in [3.63, 3.8) is 0 Å². The van der Waals surface area contributed by atoms with Crippen molar-refractivity contribution in [2.24, 2.45) is 0 Å². The first-order valence-electron chi connectivity index (χ1n) is 6.76. The molecule has 4 heteroatoms. The van der Waals surface area contributed by atoms with Gasteiger partial charge in [0, 0.05) is 15.4 Å². The molecule has 2 aromatic rings. The van der Waals surface area contributed by atoms with Crippen LogP contribution in [0.4, 0.5) is 0 Å². The van der Waals surface area contributed by atoms with Crippen LogP contribution in [0.1, 0.15) is 36.1 Å². The fourth-order valence-electron chi connectivity index (χ4n) is 2.23. The highest BCUT2D eigenvalue weighted by Crippen LogP contribution is 2.36. The van der Waals surface area contributed by atoms with E-state index in [-0.39, 0.29) is 6.04 Å². The zero-order valence-corrected chi connectivity index (χ0v) is 14.5. The van der Waals surface area contributed by atoms with Crippen LogP contribution in [0.2, 0.25) is 0 Å². The van der Waals surface area contributed by atoms with E-state index in [1.807, 2.05) is 0 Å². The average molecular weight is 354 g/mol. The lowest BCUT2D eigenvalue weighted by Gasteiger charge is -2.21. The fourth-order valence-corrected chi connectivity index (χ4v) is 3.78. The Balaban J connectivity index is 2.43. The molecule has 0 aliphatic heterocycles. The third-order valence-electron chi connectivity index (χ3n) is 3.25. The molecule has 0 amide bonds. The lowest BCUT2D eigenvalue weighted by atomic mass is 9.98. The molecule has 2 nitrogen and oxygen atoms in total. The lowest BCUT2D eigenvalue weighted by molar-refractivity contribution is 0.403. The summed E-state index contributed by atoms with van der Waals surface area (Å²) in [5.74, 6) is 0.941. The summed E-state index contributed by atoms with van der Waals surface area (Å²) >= 11 is 5.36. The maximum Gasteiger partial charge on any atom is 0.124 e. The molecule has 1 atom stereocenters. The van der Waals surface area contributed by atoms with Crippen molar-refractivity contribution in [3.05, 3.63) is 50.1 Å². The first-order chi connectivity index (χ1) is 9.67. The number of halogens is 1. The van der Waals surface area contributed by atoms with Gasteiger partial charge < -0.3 is 10.1 Å². The molecular weight excluding hydrogens is 334 g/mol. The van der Waals surface area contributed by atoms with Crippen molar-refractivity contribution in [2.45, 2.75) is 26.3 Å². The molecule has 2 rings (SSSR count). The van der Waals surface area contributed by atoms with Gasteiger partial charge in [0.15, 0.2) is 0 Å². The third kappa shape index (κ3) is 3.43. The van der Waals surface area contributed by atoms with E-state index in [0.29, 0.717) is 0 Å². The van der Waals surface area contributed by atoms with Crippen LogP contribution in [0.15, 0.2) is 33.4 Å². The van der Waals surface area contributed by atoms with Crippen molar-refractivity contribution in [2.75, 3.05) is 13.7 Å². The summed E-state index contributed by atoms with van der Waals surface area (Å²) in [6.07, 6.45) is 1.10. The second-order valence-corrected chi connectivity index (χ2v) is 6.41. The van der Waals surface area contributed by atoms with Gasteiger partial charge in [0.1, 0.15) is 5.75 Å². The van der Waals surface area contributed by atoms with Crippen molar-refractivity contribution < 1.29 is 4.74 Å². The van der Waals surface area contributed by atoms with Crippen LogP contribution in [0.5, 0.6) is 5.75 Å². The van der Waals surface area contributed by atoms with Crippen LogP contribution in [0, 0.1) is 6.92 Å². The second-order valence-electron chi connectivity index (χ2n) is 4.81. The summed E-state index contributed by atoms with van der Waals surface area (Å²) in [6, 6.07) is 6.55. The van der Waals surface area contributed by atoms with Gasteiger partial charge in [-0.3, -0.25) is 0 Å². The van der Waals surface area contributed by atoms with E-state index >= 15 is 0 Å². The number of aryl methyl sites for hydroxylation is 1. The van der Waals surface area contributed by atoms with Gasteiger partial charge in [0.25, 0.3) is 0 Å². The Morgan fingerprint density at radius 2 is 2.10 bits per heavy atom. The van der Waals surface area contributed by atoms with Crippen LogP contribution in [-0.4, -0.2) is 13.7 Å². The van der Waals surface area contributed by atoms with Crippen LogP contribution < -0.4 is 10.1 Å². The molecule has 0 spiro atoms. The maximum absolute atomic E-state index is 5.57. The quantitative estimate of drug-likeness (QED) is 0.795. The maximum atomic E-state index is 5.57. The number of thiophene rings is 1. The molecular formula is C16H20BrNOS. The standard InChI is InChI=1S/C16H20BrNOS/c1-4-7-18-16(13-9-20-10-14(13)17)12-6-5-11(2)8-15(12)19-3/h5-6,8-10,16,18H,4,7H2,1-3H3. The first-order valence-corrected chi connectivity index (χ1v) is 8.50. The molecule has 1 N–H and O–H groups in total. The third-order valence-corrected chi connectivity index (χ3v) is 5.00. The van der Waals surface area contributed by atoms with Gasteiger partial charge in [-0.1, -0.05) is 19.1 Å². The zero-order chi connectivity index (χ0) is 14.5.